The average Bonchev–Trinajstić information content (AvgIpc) is 3.22. The van der Waals surface area contributed by atoms with E-state index >= 15 is 0 Å². The lowest BCUT2D eigenvalue weighted by atomic mass is 9.92. The molecule has 4 rings (SSSR count). The molecule has 0 radical (unpaired) electrons. The van der Waals surface area contributed by atoms with Gasteiger partial charge in [-0.15, -0.1) is 0 Å². The summed E-state index contributed by atoms with van der Waals surface area (Å²) in [7, 11) is 0. The van der Waals surface area contributed by atoms with Gasteiger partial charge in [0.2, 0.25) is 5.95 Å². The van der Waals surface area contributed by atoms with Crippen LogP contribution < -0.4 is 5.32 Å². The molecular weight excluding hydrogens is 410 g/mol. The first-order valence-corrected chi connectivity index (χ1v) is 9.46. The van der Waals surface area contributed by atoms with E-state index in [1.807, 2.05) is 30.3 Å². The van der Waals surface area contributed by atoms with Crippen molar-refractivity contribution in [3.8, 4) is 0 Å². The van der Waals surface area contributed by atoms with Gasteiger partial charge >= 0.3 is 5.97 Å². The Balaban J connectivity index is 2.01. The Kier molecular flexibility index (Phi) is 5.20. The maximum absolute atomic E-state index is 13.1. The fourth-order valence-corrected chi connectivity index (χ4v) is 3.58. The van der Waals surface area contributed by atoms with Gasteiger partial charge in [0.1, 0.15) is 12.4 Å². The van der Waals surface area contributed by atoms with E-state index in [9.17, 15) is 14.9 Å². The number of hydrogen-bond acceptors (Lipinski definition) is 7. The topological polar surface area (TPSA) is 112 Å². The zero-order valence-electron chi connectivity index (χ0n) is 15.8. The second-order valence-corrected chi connectivity index (χ2v) is 6.80. The van der Waals surface area contributed by atoms with Crippen LogP contribution in [-0.2, 0) is 9.53 Å². The predicted molar refractivity (Wildman–Crippen MR) is 110 cm³/mol. The molecule has 0 saturated carbocycles. The van der Waals surface area contributed by atoms with Gasteiger partial charge in [-0.05, 0) is 18.6 Å². The molecule has 30 heavy (non-hydrogen) atoms. The highest BCUT2D eigenvalue weighted by Gasteiger charge is 2.37. The molecule has 1 aliphatic rings. The maximum Gasteiger partial charge on any atom is 0.338 e. The number of ether oxygens (including phenoxy) is 1. The van der Waals surface area contributed by atoms with E-state index in [1.165, 1.54) is 29.2 Å². The molecule has 1 atom stereocenters. The van der Waals surface area contributed by atoms with Crippen LogP contribution in [0.2, 0.25) is 5.02 Å². The standard InChI is InChI=1S/C20H16ClN5O4/c1-2-30-19(27)16-17(12-6-4-3-5-7-12)24-20-22-11-23-25(20)18(16)14-10-13(26(28)29)8-9-15(14)21/h3-11,18H,2H2,1H3,(H,22,23,24)/t18-/m0/s1. The zero-order valence-corrected chi connectivity index (χ0v) is 16.5. The number of nitro groups is 1. The van der Waals surface area contributed by atoms with E-state index in [0.29, 0.717) is 17.2 Å². The fraction of sp³-hybridized carbons (Fsp3) is 0.150. The molecule has 1 aromatic heterocycles. The highest BCUT2D eigenvalue weighted by atomic mass is 35.5. The Morgan fingerprint density at radius 1 is 1.30 bits per heavy atom. The second-order valence-electron chi connectivity index (χ2n) is 6.39. The van der Waals surface area contributed by atoms with Crippen molar-refractivity contribution in [3.63, 3.8) is 0 Å². The van der Waals surface area contributed by atoms with Gasteiger partial charge in [0.05, 0.1) is 22.8 Å². The van der Waals surface area contributed by atoms with Gasteiger partial charge < -0.3 is 10.1 Å². The predicted octanol–water partition coefficient (Wildman–Crippen LogP) is 3.83. The largest absolute Gasteiger partial charge is 0.463 e. The smallest absolute Gasteiger partial charge is 0.338 e. The van der Waals surface area contributed by atoms with Crippen molar-refractivity contribution in [3.05, 3.63) is 86.7 Å². The second kappa shape index (κ2) is 7.96. The summed E-state index contributed by atoms with van der Waals surface area (Å²) in [6, 6.07) is 12.4. The number of fused-ring (bicyclic) bond motifs is 1. The van der Waals surface area contributed by atoms with Crippen molar-refractivity contribution in [2.45, 2.75) is 13.0 Å². The van der Waals surface area contributed by atoms with Crippen LogP contribution in [0.4, 0.5) is 11.6 Å². The Bertz CT molecular complexity index is 1160. The van der Waals surface area contributed by atoms with Gasteiger partial charge in [0.15, 0.2) is 0 Å². The van der Waals surface area contributed by atoms with E-state index < -0.39 is 16.9 Å². The lowest BCUT2D eigenvalue weighted by Crippen LogP contribution is -2.30. The van der Waals surface area contributed by atoms with Gasteiger partial charge in [0.25, 0.3) is 5.69 Å². The summed E-state index contributed by atoms with van der Waals surface area (Å²) in [5, 5.41) is 19.0. The van der Waals surface area contributed by atoms with Gasteiger partial charge in [-0.2, -0.15) is 10.1 Å². The highest BCUT2D eigenvalue weighted by molar-refractivity contribution is 6.31. The fourth-order valence-electron chi connectivity index (χ4n) is 3.36. The summed E-state index contributed by atoms with van der Waals surface area (Å²) in [4.78, 5) is 28.1. The molecule has 0 spiro atoms. The summed E-state index contributed by atoms with van der Waals surface area (Å²) in [5.74, 6) is -0.216. The first-order chi connectivity index (χ1) is 14.5. The number of non-ortho nitro benzene ring substituents is 1. The molecule has 3 aromatic rings. The normalized spacial score (nSPS) is 15.3. The number of hydrogen-bond donors (Lipinski definition) is 1. The zero-order chi connectivity index (χ0) is 21.3. The summed E-state index contributed by atoms with van der Waals surface area (Å²) in [6.07, 6.45) is 1.33. The van der Waals surface area contributed by atoms with Crippen LogP contribution in [0.3, 0.4) is 0 Å². The molecule has 9 nitrogen and oxygen atoms in total. The van der Waals surface area contributed by atoms with Crippen LogP contribution in [0.5, 0.6) is 0 Å². The highest BCUT2D eigenvalue weighted by Crippen LogP contribution is 2.41. The molecular formula is C20H16ClN5O4. The SMILES string of the molecule is CCOC(=O)C1=C(c2ccccc2)Nc2ncnn2[C@H]1c1cc([N+](=O)[O-])ccc1Cl. The summed E-state index contributed by atoms with van der Waals surface area (Å²) < 4.78 is 6.78. The van der Waals surface area contributed by atoms with Crippen molar-refractivity contribution in [1.29, 1.82) is 0 Å². The third-order valence-corrected chi connectivity index (χ3v) is 4.98. The van der Waals surface area contributed by atoms with Crippen molar-refractivity contribution in [2.75, 3.05) is 11.9 Å². The maximum atomic E-state index is 13.1. The van der Waals surface area contributed by atoms with Crippen LogP contribution in [0.1, 0.15) is 24.1 Å². The lowest BCUT2D eigenvalue weighted by Gasteiger charge is -2.29. The van der Waals surface area contributed by atoms with E-state index in [4.69, 9.17) is 16.3 Å². The van der Waals surface area contributed by atoms with Crippen LogP contribution in [-0.4, -0.2) is 32.3 Å². The molecule has 0 saturated heterocycles. The van der Waals surface area contributed by atoms with Gasteiger partial charge in [0, 0.05) is 22.7 Å². The minimum atomic E-state index is -0.870. The number of halogens is 1. The number of nitrogens with one attached hydrogen (secondary N) is 1. The lowest BCUT2D eigenvalue weighted by molar-refractivity contribution is -0.384. The van der Waals surface area contributed by atoms with E-state index in [2.05, 4.69) is 15.4 Å². The van der Waals surface area contributed by atoms with Crippen molar-refractivity contribution >= 4 is 34.9 Å². The van der Waals surface area contributed by atoms with Crippen LogP contribution in [0.15, 0.2) is 60.4 Å². The third kappa shape index (κ3) is 3.39. The molecule has 1 N–H and O–H groups in total. The Labute approximate surface area is 176 Å². The molecule has 10 heteroatoms. The Hall–Kier alpha value is -3.72. The Morgan fingerprint density at radius 3 is 2.77 bits per heavy atom. The number of aromatic nitrogens is 3. The number of esters is 1. The van der Waals surface area contributed by atoms with E-state index in [0.717, 1.165) is 5.56 Å². The Morgan fingerprint density at radius 2 is 2.07 bits per heavy atom. The first-order valence-electron chi connectivity index (χ1n) is 9.08. The molecule has 0 fully saturated rings. The van der Waals surface area contributed by atoms with Gasteiger partial charge in [-0.3, -0.25) is 10.1 Å². The number of anilines is 1. The molecule has 0 amide bonds. The van der Waals surface area contributed by atoms with Crippen LogP contribution in [0, 0.1) is 10.1 Å². The molecule has 0 bridgehead atoms. The minimum Gasteiger partial charge on any atom is -0.463 e. The van der Waals surface area contributed by atoms with Crippen LogP contribution in [0.25, 0.3) is 5.70 Å². The quantitative estimate of drug-likeness (QED) is 0.375. The van der Waals surface area contributed by atoms with Crippen molar-refractivity contribution in [1.82, 2.24) is 14.8 Å². The first kappa shape index (κ1) is 19.6. The summed E-state index contributed by atoms with van der Waals surface area (Å²) >= 11 is 6.43. The average molecular weight is 426 g/mol. The number of nitrogens with zero attached hydrogens (tertiary/aromatic N) is 4. The van der Waals surface area contributed by atoms with Crippen LogP contribution >= 0.6 is 11.6 Å². The van der Waals surface area contributed by atoms with Crippen molar-refractivity contribution < 1.29 is 14.5 Å². The monoisotopic (exact) mass is 425 g/mol. The van der Waals surface area contributed by atoms with E-state index in [-0.39, 0.29) is 22.9 Å². The number of carbonyl (C=O) groups excluding carboxylic acids is 1. The van der Waals surface area contributed by atoms with E-state index in [1.54, 1.807) is 6.92 Å². The van der Waals surface area contributed by atoms with Crippen molar-refractivity contribution in [2.24, 2.45) is 0 Å². The molecule has 0 unspecified atom stereocenters. The molecule has 2 aromatic carbocycles. The third-order valence-electron chi connectivity index (χ3n) is 4.64. The van der Waals surface area contributed by atoms with Gasteiger partial charge in [-0.1, -0.05) is 41.9 Å². The summed E-state index contributed by atoms with van der Waals surface area (Å²) in [6.45, 7) is 1.86. The number of carbonyl (C=O) groups is 1. The molecule has 152 valence electrons. The molecule has 1 aliphatic heterocycles. The number of nitro benzene ring substituents is 1. The van der Waals surface area contributed by atoms with Gasteiger partial charge in [-0.25, -0.2) is 9.48 Å². The molecule has 2 heterocycles. The molecule has 0 aliphatic carbocycles. The minimum absolute atomic E-state index is 0.154. The number of rotatable bonds is 5. The number of benzene rings is 2. The summed E-state index contributed by atoms with van der Waals surface area (Å²) in [5.41, 5.74) is 1.61.